The van der Waals surface area contributed by atoms with E-state index in [1.807, 2.05) is 0 Å². The molecule has 1 aliphatic rings. The van der Waals surface area contributed by atoms with E-state index < -0.39 is 17.7 Å². The van der Waals surface area contributed by atoms with E-state index in [4.69, 9.17) is 44.9 Å². The molecule has 0 aromatic heterocycles. The summed E-state index contributed by atoms with van der Waals surface area (Å²) in [6.45, 7) is -0.322. The Morgan fingerprint density at radius 3 is 2.47 bits per heavy atom. The molecule has 32 heavy (non-hydrogen) atoms. The van der Waals surface area contributed by atoms with E-state index in [9.17, 15) is 14.4 Å². The van der Waals surface area contributed by atoms with Crippen molar-refractivity contribution in [1.29, 1.82) is 0 Å². The number of carbonyl (C=O) groups excluding carboxylic acids is 3. The molecule has 0 atom stereocenters. The zero-order valence-electron chi connectivity index (χ0n) is 16.3. The topological polar surface area (TPSA) is 106 Å². The maximum atomic E-state index is 12.2. The van der Waals surface area contributed by atoms with Crippen molar-refractivity contribution in [2.45, 2.75) is 0 Å². The number of amides is 3. The second-order valence-electron chi connectivity index (χ2n) is 6.30. The first-order valence-electron chi connectivity index (χ1n) is 8.81. The van der Waals surface area contributed by atoms with Crippen molar-refractivity contribution in [2.24, 2.45) is 0 Å². The van der Waals surface area contributed by atoms with Gasteiger partial charge in [0.25, 0.3) is 17.7 Å². The monoisotopic (exact) mass is 557 g/mol. The summed E-state index contributed by atoms with van der Waals surface area (Å²) in [5.74, 6) is -1.13. The van der Waals surface area contributed by atoms with Crippen LogP contribution in [-0.4, -0.2) is 36.6 Å². The first-order valence-corrected chi connectivity index (χ1v) is 10.8. The molecule has 1 heterocycles. The number of rotatable bonds is 6. The van der Waals surface area contributed by atoms with Crippen LogP contribution >= 0.6 is 51.3 Å². The molecular formula is C20H14BrCl2N3O5S. The third-order valence-electron chi connectivity index (χ3n) is 4.06. The van der Waals surface area contributed by atoms with Gasteiger partial charge in [0.15, 0.2) is 23.2 Å². The molecule has 3 N–H and O–H groups in total. The molecule has 166 valence electrons. The molecule has 1 saturated heterocycles. The fourth-order valence-corrected chi connectivity index (χ4v) is 3.70. The predicted octanol–water partition coefficient (Wildman–Crippen LogP) is 3.70. The van der Waals surface area contributed by atoms with E-state index in [-0.39, 0.29) is 28.8 Å². The number of benzene rings is 2. The van der Waals surface area contributed by atoms with Crippen molar-refractivity contribution in [3.63, 3.8) is 0 Å². The number of ether oxygens (including phenoxy) is 2. The first kappa shape index (κ1) is 24.0. The molecule has 0 aliphatic carbocycles. The fraction of sp³-hybridized carbons (Fsp3) is 0.100. The van der Waals surface area contributed by atoms with Gasteiger partial charge in [-0.1, -0.05) is 23.2 Å². The van der Waals surface area contributed by atoms with Crippen molar-refractivity contribution in [1.82, 2.24) is 10.6 Å². The maximum absolute atomic E-state index is 12.2. The highest BCUT2D eigenvalue weighted by Gasteiger charge is 2.26. The summed E-state index contributed by atoms with van der Waals surface area (Å²) in [7, 11) is 1.42. The number of carbonyl (C=O) groups is 3. The maximum Gasteiger partial charge on any atom is 0.263 e. The zero-order valence-corrected chi connectivity index (χ0v) is 20.2. The van der Waals surface area contributed by atoms with E-state index in [2.05, 4.69) is 31.9 Å². The second-order valence-corrected chi connectivity index (χ2v) is 8.37. The lowest BCUT2D eigenvalue weighted by atomic mass is 10.1. The summed E-state index contributed by atoms with van der Waals surface area (Å²) < 4.78 is 11.4. The van der Waals surface area contributed by atoms with Crippen LogP contribution in [0.1, 0.15) is 5.56 Å². The van der Waals surface area contributed by atoms with Crippen LogP contribution in [0.25, 0.3) is 6.08 Å². The lowest BCUT2D eigenvalue weighted by Gasteiger charge is -2.17. The van der Waals surface area contributed by atoms with E-state index >= 15 is 0 Å². The van der Waals surface area contributed by atoms with Gasteiger partial charge in [-0.3, -0.25) is 25.0 Å². The molecule has 12 heteroatoms. The summed E-state index contributed by atoms with van der Waals surface area (Å²) in [6, 6.07) is 7.85. The van der Waals surface area contributed by atoms with Gasteiger partial charge in [0, 0.05) is 5.69 Å². The number of nitrogens with one attached hydrogen (secondary N) is 3. The largest absolute Gasteiger partial charge is 0.493 e. The Labute approximate surface area is 206 Å². The summed E-state index contributed by atoms with van der Waals surface area (Å²) in [4.78, 5) is 36.3. The molecule has 3 rings (SSSR count). The minimum atomic E-state index is -0.617. The Hall–Kier alpha value is -2.66. The normalized spacial score (nSPS) is 13.2. The SMILES string of the molecule is COc1cc(C=C2C(=O)NC(=S)NC2=O)cc(Br)c1OCC(=O)Nc1ccc(Cl)c(Cl)c1. The summed E-state index contributed by atoms with van der Waals surface area (Å²) in [5, 5.41) is 7.98. The third kappa shape index (κ3) is 5.77. The molecule has 0 unspecified atom stereocenters. The minimum Gasteiger partial charge on any atom is -0.493 e. The van der Waals surface area contributed by atoms with Gasteiger partial charge in [-0.2, -0.15) is 0 Å². The van der Waals surface area contributed by atoms with E-state index in [0.717, 1.165) is 0 Å². The Bertz CT molecular complexity index is 1150. The third-order valence-corrected chi connectivity index (χ3v) is 5.59. The van der Waals surface area contributed by atoms with Crippen LogP contribution in [0.3, 0.4) is 0 Å². The molecule has 8 nitrogen and oxygen atoms in total. The minimum absolute atomic E-state index is 0.0567. The lowest BCUT2D eigenvalue weighted by molar-refractivity contribution is -0.123. The van der Waals surface area contributed by atoms with E-state index in [0.29, 0.717) is 25.8 Å². The van der Waals surface area contributed by atoms with Crippen LogP contribution in [-0.2, 0) is 14.4 Å². The molecule has 1 fully saturated rings. The number of hydrogen-bond acceptors (Lipinski definition) is 6. The molecule has 0 bridgehead atoms. The van der Waals surface area contributed by atoms with Gasteiger partial charge in [-0.15, -0.1) is 0 Å². The average molecular weight is 559 g/mol. The molecule has 3 amide bonds. The summed E-state index contributed by atoms with van der Waals surface area (Å²) in [5.41, 5.74) is 0.821. The molecule has 1 aliphatic heterocycles. The molecule has 0 spiro atoms. The van der Waals surface area contributed by atoms with Crippen molar-refractivity contribution in [3.8, 4) is 11.5 Å². The smallest absolute Gasteiger partial charge is 0.263 e. The molecular weight excluding hydrogens is 545 g/mol. The Balaban J connectivity index is 1.75. The van der Waals surface area contributed by atoms with Gasteiger partial charge < -0.3 is 14.8 Å². The van der Waals surface area contributed by atoms with Gasteiger partial charge in [0.05, 0.1) is 21.6 Å². The number of anilines is 1. The molecule has 0 saturated carbocycles. The molecule has 0 radical (unpaired) electrons. The van der Waals surface area contributed by atoms with Gasteiger partial charge in [0.1, 0.15) is 5.57 Å². The van der Waals surface area contributed by atoms with Crippen molar-refractivity contribution in [3.05, 3.63) is 56.0 Å². The Morgan fingerprint density at radius 1 is 1.16 bits per heavy atom. The Kier molecular flexibility index (Phi) is 7.73. The molecule has 2 aromatic rings. The quantitative estimate of drug-likeness (QED) is 0.284. The van der Waals surface area contributed by atoms with Crippen LogP contribution in [0.5, 0.6) is 11.5 Å². The van der Waals surface area contributed by atoms with Crippen molar-refractivity contribution >= 4 is 85.9 Å². The average Bonchev–Trinajstić information content (AvgIpc) is 2.72. The Morgan fingerprint density at radius 2 is 1.84 bits per heavy atom. The summed E-state index contributed by atoms with van der Waals surface area (Å²) >= 11 is 19.9. The van der Waals surface area contributed by atoms with Crippen LogP contribution in [0.2, 0.25) is 10.0 Å². The number of halogens is 3. The highest BCUT2D eigenvalue weighted by atomic mass is 79.9. The second kappa shape index (κ2) is 10.3. The number of thiocarbonyl (C=S) groups is 1. The van der Waals surface area contributed by atoms with Crippen LogP contribution < -0.4 is 25.4 Å². The van der Waals surface area contributed by atoms with E-state index in [1.165, 1.54) is 19.3 Å². The van der Waals surface area contributed by atoms with Crippen LogP contribution in [0.4, 0.5) is 5.69 Å². The number of methoxy groups -OCH3 is 1. The molecule has 2 aromatic carbocycles. The van der Waals surface area contributed by atoms with Gasteiger partial charge in [0.2, 0.25) is 0 Å². The van der Waals surface area contributed by atoms with Gasteiger partial charge in [-0.25, -0.2) is 0 Å². The predicted molar refractivity (Wildman–Crippen MR) is 128 cm³/mol. The van der Waals surface area contributed by atoms with E-state index in [1.54, 1.807) is 24.3 Å². The number of hydrogen-bond donors (Lipinski definition) is 3. The zero-order chi connectivity index (χ0) is 23.4. The van der Waals surface area contributed by atoms with Crippen molar-refractivity contribution < 1.29 is 23.9 Å². The lowest BCUT2D eigenvalue weighted by Crippen LogP contribution is -2.51. The standard InChI is InChI=1S/C20H14BrCl2N3O5S/c1-30-15-6-9(4-11-18(28)25-20(32)26-19(11)29)5-12(21)17(15)31-8-16(27)24-10-2-3-13(22)14(23)7-10/h2-7H,8H2,1H3,(H,24,27)(H2,25,26,28,29,32). The first-order chi connectivity index (χ1) is 15.2. The van der Waals surface area contributed by atoms with Gasteiger partial charge in [-0.05, 0) is 70.1 Å². The van der Waals surface area contributed by atoms with Gasteiger partial charge >= 0.3 is 0 Å². The van der Waals surface area contributed by atoms with Crippen LogP contribution in [0, 0.1) is 0 Å². The highest BCUT2D eigenvalue weighted by Crippen LogP contribution is 2.37. The summed E-state index contributed by atoms with van der Waals surface area (Å²) in [6.07, 6.45) is 1.38. The van der Waals surface area contributed by atoms with Crippen LogP contribution in [0.15, 0.2) is 40.4 Å². The highest BCUT2D eigenvalue weighted by molar-refractivity contribution is 9.10. The fourth-order valence-electron chi connectivity index (χ4n) is 2.64. The van der Waals surface area contributed by atoms with Crippen molar-refractivity contribution in [2.75, 3.05) is 19.0 Å².